The summed E-state index contributed by atoms with van der Waals surface area (Å²) >= 11 is 0. The lowest BCUT2D eigenvalue weighted by molar-refractivity contribution is -0.156. The van der Waals surface area contributed by atoms with E-state index < -0.39 is 21.8 Å². The highest BCUT2D eigenvalue weighted by molar-refractivity contribution is 7.86. The van der Waals surface area contributed by atoms with Gasteiger partial charge >= 0.3 is 22.1 Å². The number of carbonyl (C=O) groups is 3. The van der Waals surface area contributed by atoms with Crippen LogP contribution in [0.25, 0.3) is 0 Å². The molecule has 11 heteroatoms. The number of anilines is 1. The van der Waals surface area contributed by atoms with E-state index in [0.717, 1.165) is 11.8 Å². The van der Waals surface area contributed by atoms with Crippen molar-refractivity contribution < 1.29 is 31.7 Å². The van der Waals surface area contributed by atoms with Crippen LogP contribution >= 0.6 is 0 Å². The van der Waals surface area contributed by atoms with E-state index in [2.05, 4.69) is 5.32 Å². The monoisotopic (exact) mass is 481 g/mol. The highest BCUT2D eigenvalue weighted by Crippen LogP contribution is 2.37. The molecule has 3 amide bonds. The molecule has 2 aliphatic heterocycles. The van der Waals surface area contributed by atoms with Crippen LogP contribution in [0.1, 0.15) is 51.5 Å². The second-order valence-corrected chi connectivity index (χ2v) is 11.0. The zero-order valence-electron chi connectivity index (χ0n) is 19.4. The van der Waals surface area contributed by atoms with Crippen molar-refractivity contribution in [1.29, 1.82) is 0 Å². The molecule has 0 aliphatic carbocycles. The lowest BCUT2D eigenvalue weighted by Crippen LogP contribution is -2.49. The molecule has 2 saturated heterocycles. The fourth-order valence-corrected chi connectivity index (χ4v) is 4.50. The van der Waals surface area contributed by atoms with Gasteiger partial charge in [-0.05, 0) is 64.3 Å². The summed E-state index contributed by atoms with van der Waals surface area (Å²) in [5, 5.41) is 2.25. The summed E-state index contributed by atoms with van der Waals surface area (Å²) in [4.78, 5) is 39.1. The maximum absolute atomic E-state index is 12.2. The van der Waals surface area contributed by atoms with Crippen molar-refractivity contribution >= 4 is 33.7 Å². The molecular weight excluding hydrogens is 450 g/mol. The van der Waals surface area contributed by atoms with Crippen LogP contribution in [0.3, 0.4) is 0 Å². The van der Waals surface area contributed by atoms with Crippen molar-refractivity contribution in [3.8, 4) is 5.75 Å². The van der Waals surface area contributed by atoms with E-state index in [9.17, 15) is 22.8 Å². The standard InChI is InChI=1S/C22H31N3O7S/c1-22(2,3)31-20(27)14-24-10-7-15(8-11-24)17-6-5-16(13-18(17)32-33(4,29)30)25-12-9-19(26)23-21(25)28/h5-6,13,15H,7-12,14H2,1-4H3,(H,23,26,28). The summed E-state index contributed by atoms with van der Waals surface area (Å²) in [7, 11) is -3.80. The number of piperidine rings is 1. The summed E-state index contributed by atoms with van der Waals surface area (Å²) < 4.78 is 34.5. The Morgan fingerprint density at radius 2 is 1.82 bits per heavy atom. The normalized spacial score (nSPS) is 18.7. The molecule has 10 nitrogen and oxygen atoms in total. The Balaban J connectivity index is 1.74. The van der Waals surface area contributed by atoms with Crippen LogP contribution in [0.15, 0.2) is 18.2 Å². The number of ether oxygens (including phenoxy) is 1. The summed E-state index contributed by atoms with van der Waals surface area (Å²) in [6.07, 6.45) is 2.55. The molecule has 2 aliphatic rings. The van der Waals surface area contributed by atoms with Gasteiger partial charge < -0.3 is 8.92 Å². The first kappa shape index (κ1) is 25.0. The largest absolute Gasteiger partial charge is 0.459 e. The predicted molar refractivity (Wildman–Crippen MR) is 122 cm³/mol. The van der Waals surface area contributed by atoms with Gasteiger partial charge in [-0.15, -0.1) is 0 Å². The van der Waals surface area contributed by atoms with Gasteiger partial charge in [0.25, 0.3) is 0 Å². The summed E-state index contributed by atoms with van der Waals surface area (Å²) in [5.41, 5.74) is 0.646. The van der Waals surface area contributed by atoms with Gasteiger partial charge in [0.15, 0.2) is 0 Å². The molecule has 0 unspecified atom stereocenters. The molecule has 0 aromatic heterocycles. The molecule has 2 fully saturated rings. The van der Waals surface area contributed by atoms with Crippen molar-refractivity contribution in [1.82, 2.24) is 10.2 Å². The van der Waals surface area contributed by atoms with Crippen LogP contribution in [0.5, 0.6) is 5.75 Å². The molecule has 0 atom stereocenters. The van der Waals surface area contributed by atoms with Crippen molar-refractivity contribution in [3.05, 3.63) is 23.8 Å². The van der Waals surface area contributed by atoms with Gasteiger partial charge in [-0.3, -0.25) is 24.7 Å². The minimum Gasteiger partial charge on any atom is -0.459 e. The van der Waals surface area contributed by atoms with E-state index in [1.54, 1.807) is 12.1 Å². The van der Waals surface area contributed by atoms with Gasteiger partial charge in [-0.1, -0.05) is 6.07 Å². The number of rotatable bonds is 6. The first-order valence-electron chi connectivity index (χ1n) is 10.9. The Kier molecular flexibility index (Phi) is 7.32. The van der Waals surface area contributed by atoms with Crippen molar-refractivity contribution in [3.63, 3.8) is 0 Å². The number of carbonyl (C=O) groups excluding carboxylic acids is 3. The van der Waals surface area contributed by atoms with E-state index >= 15 is 0 Å². The Hall–Kier alpha value is -2.66. The number of urea groups is 1. The number of hydrogen-bond donors (Lipinski definition) is 1. The zero-order valence-corrected chi connectivity index (χ0v) is 20.2. The number of benzene rings is 1. The third kappa shape index (κ3) is 7.16. The molecular formula is C22H31N3O7S. The molecule has 0 radical (unpaired) electrons. The highest BCUT2D eigenvalue weighted by Gasteiger charge is 2.29. The van der Waals surface area contributed by atoms with Gasteiger partial charge in [0, 0.05) is 24.7 Å². The van der Waals surface area contributed by atoms with Crippen LogP contribution in [-0.4, -0.2) is 69.3 Å². The molecule has 33 heavy (non-hydrogen) atoms. The van der Waals surface area contributed by atoms with Crippen LogP contribution in [0.4, 0.5) is 10.5 Å². The fourth-order valence-electron chi connectivity index (χ4n) is 4.03. The molecule has 1 aromatic rings. The van der Waals surface area contributed by atoms with Gasteiger partial charge in [-0.2, -0.15) is 8.42 Å². The molecule has 3 rings (SSSR count). The van der Waals surface area contributed by atoms with Gasteiger partial charge in [0.2, 0.25) is 5.91 Å². The number of imide groups is 1. The molecule has 1 N–H and O–H groups in total. The lowest BCUT2D eigenvalue weighted by atomic mass is 9.88. The molecule has 2 heterocycles. The van der Waals surface area contributed by atoms with Gasteiger partial charge in [0.05, 0.1) is 12.8 Å². The number of nitrogens with zero attached hydrogens (tertiary/aromatic N) is 2. The zero-order chi connectivity index (χ0) is 24.4. The number of likely N-dealkylation sites (tertiary alicyclic amines) is 1. The predicted octanol–water partition coefficient (Wildman–Crippen LogP) is 1.99. The molecule has 0 saturated carbocycles. The van der Waals surface area contributed by atoms with Crippen LogP contribution < -0.4 is 14.4 Å². The Bertz CT molecular complexity index is 1020. The summed E-state index contributed by atoms with van der Waals surface area (Å²) in [5.74, 6) is -0.420. The number of esters is 1. The number of amides is 3. The smallest absolute Gasteiger partial charge is 0.328 e. The average Bonchev–Trinajstić information content (AvgIpc) is 2.66. The van der Waals surface area contributed by atoms with Crippen molar-refractivity contribution in [2.45, 2.75) is 51.6 Å². The minimum absolute atomic E-state index is 0.0300. The maximum Gasteiger partial charge on any atom is 0.328 e. The van der Waals surface area contributed by atoms with Crippen LogP contribution in [-0.2, 0) is 24.4 Å². The Morgan fingerprint density at radius 1 is 1.15 bits per heavy atom. The minimum atomic E-state index is -3.80. The molecule has 182 valence electrons. The lowest BCUT2D eigenvalue weighted by Gasteiger charge is -2.33. The molecule has 1 aromatic carbocycles. The third-order valence-electron chi connectivity index (χ3n) is 5.40. The highest BCUT2D eigenvalue weighted by atomic mass is 32.2. The van der Waals surface area contributed by atoms with Crippen molar-refractivity contribution in [2.24, 2.45) is 0 Å². The SMILES string of the molecule is CC(C)(C)OC(=O)CN1CCC(c2ccc(N3CCC(=O)NC3=O)cc2OS(C)(=O)=O)CC1. The fraction of sp³-hybridized carbons (Fsp3) is 0.591. The van der Waals surface area contributed by atoms with E-state index in [0.29, 0.717) is 31.6 Å². The van der Waals surface area contributed by atoms with E-state index in [-0.39, 0.29) is 43.1 Å². The second-order valence-electron chi connectivity index (χ2n) is 9.40. The number of hydrogen-bond acceptors (Lipinski definition) is 8. The Labute approximate surface area is 194 Å². The van der Waals surface area contributed by atoms with Gasteiger partial charge in [0.1, 0.15) is 11.4 Å². The van der Waals surface area contributed by atoms with Crippen LogP contribution in [0.2, 0.25) is 0 Å². The Morgan fingerprint density at radius 3 is 2.39 bits per heavy atom. The average molecular weight is 482 g/mol. The molecule has 0 spiro atoms. The topological polar surface area (TPSA) is 122 Å². The first-order valence-corrected chi connectivity index (χ1v) is 12.7. The molecule has 0 bridgehead atoms. The first-order chi connectivity index (χ1) is 15.3. The quantitative estimate of drug-likeness (QED) is 0.484. The summed E-state index contributed by atoms with van der Waals surface area (Å²) in [6, 6.07) is 4.47. The van der Waals surface area contributed by atoms with Crippen molar-refractivity contribution in [2.75, 3.05) is 37.3 Å². The number of nitrogens with one attached hydrogen (secondary N) is 1. The summed E-state index contributed by atoms with van der Waals surface area (Å²) in [6.45, 7) is 7.20. The second kappa shape index (κ2) is 9.68. The van der Waals surface area contributed by atoms with E-state index in [1.165, 1.54) is 11.0 Å². The van der Waals surface area contributed by atoms with E-state index in [1.807, 2.05) is 25.7 Å². The van der Waals surface area contributed by atoms with Crippen LogP contribution in [0, 0.1) is 0 Å². The van der Waals surface area contributed by atoms with Gasteiger partial charge in [-0.25, -0.2) is 4.79 Å². The van der Waals surface area contributed by atoms with E-state index in [4.69, 9.17) is 8.92 Å². The third-order valence-corrected chi connectivity index (χ3v) is 5.89. The maximum atomic E-state index is 12.2.